The Morgan fingerprint density at radius 3 is 2.52 bits per heavy atom. The maximum absolute atomic E-state index is 12.0. The summed E-state index contributed by atoms with van der Waals surface area (Å²) in [5, 5.41) is 10.8. The molecular weight excluding hydrogens is 296 g/mol. The second kappa shape index (κ2) is 6.94. The number of sulfonamides is 1. The highest BCUT2D eigenvalue weighted by molar-refractivity contribution is 7.89. The summed E-state index contributed by atoms with van der Waals surface area (Å²) >= 11 is 0. The maximum atomic E-state index is 12.0. The number of nitrogens with zero attached hydrogens (tertiary/aromatic N) is 2. The molecule has 118 valence electrons. The van der Waals surface area contributed by atoms with Crippen LogP contribution in [0.3, 0.4) is 0 Å². The van der Waals surface area contributed by atoms with Gasteiger partial charge in [0, 0.05) is 18.2 Å². The molecule has 0 saturated heterocycles. The van der Waals surface area contributed by atoms with Gasteiger partial charge in [-0.3, -0.25) is 10.1 Å². The molecule has 21 heavy (non-hydrogen) atoms. The van der Waals surface area contributed by atoms with E-state index in [0.29, 0.717) is 18.5 Å². The highest BCUT2D eigenvalue weighted by Crippen LogP contribution is 2.27. The summed E-state index contributed by atoms with van der Waals surface area (Å²) in [6, 6.07) is 3.19. The smallest absolute Gasteiger partial charge is 0.270 e. The molecule has 9 heteroatoms. The molecule has 1 aromatic carbocycles. The zero-order chi connectivity index (χ0) is 16.2. The monoisotopic (exact) mass is 316 g/mol. The van der Waals surface area contributed by atoms with E-state index in [4.69, 9.17) is 5.73 Å². The molecule has 0 fully saturated rings. The minimum absolute atomic E-state index is 0.148. The zero-order valence-corrected chi connectivity index (χ0v) is 13.1. The molecule has 8 nitrogen and oxygen atoms in total. The third-order valence-corrected chi connectivity index (χ3v) is 4.52. The first-order chi connectivity index (χ1) is 9.69. The number of benzene rings is 1. The number of nitrogens with one attached hydrogen (secondary N) is 1. The molecule has 0 radical (unpaired) electrons. The molecule has 0 aliphatic heterocycles. The van der Waals surface area contributed by atoms with Crippen LogP contribution < -0.4 is 10.5 Å². The molecule has 1 unspecified atom stereocenters. The van der Waals surface area contributed by atoms with Gasteiger partial charge in [0.1, 0.15) is 0 Å². The molecule has 1 rings (SSSR count). The predicted molar refractivity (Wildman–Crippen MR) is 79.4 cm³/mol. The van der Waals surface area contributed by atoms with Crippen molar-refractivity contribution in [2.75, 3.05) is 27.7 Å². The van der Waals surface area contributed by atoms with Crippen molar-refractivity contribution < 1.29 is 13.3 Å². The lowest BCUT2D eigenvalue weighted by atomic mass is 10.0. The van der Waals surface area contributed by atoms with E-state index in [0.717, 1.165) is 6.07 Å². The Balaban J connectivity index is 3.28. The molecular formula is C12H20N4O4S. The number of hydrogen-bond acceptors (Lipinski definition) is 6. The Hall–Kier alpha value is -1.55. The second-order valence-electron chi connectivity index (χ2n) is 4.89. The zero-order valence-electron chi connectivity index (χ0n) is 12.2. The molecule has 1 atom stereocenters. The van der Waals surface area contributed by atoms with Crippen molar-refractivity contribution in [1.29, 1.82) is 0 Å². The highest BCUT2D eigenvalue weighted by Gasteiger charge is 2.23. The van der Waals surface area contributed by atoms with Gasteiger partial charge in [0.15, 0.2) is 0 Å². The minimum Gasteiger partial charge on any atom is -0.324 e. The molecule has 0 amide bonds. The summed E-state index contributed by atoms with van der Waals surface area (Å²) in [5.41, 5.74) is 6.12. The largest absolute Gasteiger partial charge is 0.324 e. The lowest BCUT2D eigenvalue weighted by molar-refractivity contribution is -0.385. The third kappa shape index (κ3) is 4.46. The van der Waals surface area contributed by atoms with E-state index >= 15 is 0 Å². The molecule has 0 aliphatic rings. The van der Waals surface area contributed by atoms with Crippen LogP contribution in [-0.2, 0) is 10.0 Å². The van der Waals surface area contributed by atoms with Crippen molar-refractivity contribution in [3.8, 4) is 0 Å². The third-order valence-electron chi connectivity index (χ3n) is 3.05. The number of hydrogen-bond donors (Lipinski definition) is 2. The molecule has 1 aromatic rings. The molecule has 0 bridgehead atoms. The summed E-state index contributed by atoms with van der Waals surface area (Å²) in [6.45, 7) is 0.678. The van der Waals surface area contributed by atoms with Crippen LogP contribution in [0, 0.1) is 10.1 Å². The van der Waals surface area contributed by atoms with Gasteiger partial charge in [0.2, 0.25) is 10.0 Å². The van der Waals surface area contributed by atoms with E-state index in [1.54, 1.807) is 0 Å². The van der Waals surface area contributed by atoms with Crippen LogP contribution in [0.4, 0.5) is 5.69 Å². The number of rotatable bonds is 7. The standard InChI is InChI=1S/C12H20N4O4S/c1-14-21(19,20)12-8-9(16(17)18)4-5-10(12)11(13)6-7-15(2)3/h4-5,8,11,14H,6-7,13H2,1-3H3. The van der Waals surface area contributed by atoms with Crippen LogP contribution in [0.25, 0.3) is 0 Å². The molecule has 3 N–H and O–H groups in total. The predicted octanol–water partition coefficient (Wildman–Crippen LogP) is 0.454. The van der Waals surface area contributed by atoms with Gasteiger partial charge in [0.25, 0.3) is 5.69 Å². The quantitative estimate of drug-likeness (QED) is 0.557. The molecule has 0 aromatic heterocycles. The molecule has 0 spiro atoms. The van der Waals surface area contributed by atoms with E-state index < -0.39 is 21.0 Å². The Kier molecular flexibility index (Phi) is 5.78. The van der Waals surface area contributed by atoms with Gasteiger partial charge in [-0.05, 0) is 45.7 Å². The van der Waals surface area contributed by atoms with Crippen LogP contribution in [0.15, 0.2) is 23.1 Å². The van der Waals surface area contributed by atoms with Crippen molar-refractivity contribution in [3.05, 3.63) is 33.9 Å². The van der Waals surface area contributed by atoms with E-state index in [2.05, 4.69) is 4.72 Å². The normalized spacial score (nSPS) is 13.4. The minimum atomic E-state index is -3.82. The fourth-order valence-electron chi connectivity index (χ4n) is 1.84. The Labute approximate surface area is 124 Å². The van der Waals surface area contributed by atoms with Gasteiger partial charge in [-0.25, -0.2) is 13.1 Å². The van der Waals surface area contributed by atoms with Crippen molar-refractivity contribution in [3.63, 3.8) is 0 Å². The highest BCUT2D eigenvalue weighted by atomic mass is 32.2. The summed E-state index contributed by atoms with van der Waals surface area (Å²) in [4.78, 5) is 12.0. The Bertz CT molecular complexity index is 616. The lowest BCUT2D eigenvalue weighted by Crippen LogP contribution is -2.25. The number of nitro groups is 1. The molecule has 0 aliphatic carbocycles. The average molecular weight is 316 g/mol. The average Bonchev–Trinajstić information content (AvgIpc) is 2.43. The lowest BCUT2D eigenvalue weighted by Gasteiger charge is -2.18. The van der Waals surface area contributed by atoms with Crippen molar-refractivity contribution >= 4 is 15.7 Å². The van der Waals surface area contributed by atoms with Crippen LogP contribution >= 0.6 is 0 Å². The number of nitro benzene ring substituents is 1. The van der Waals surface area contributed by atoms with Gasteiger partial charge in [-0.15, -0.1) is 0 Å². The Morgan fingerprint density at radius 1 is 1.43 bits per heavy atom. The first-order valence-corrected chi connectivity index (χ1v) is 7.79. The topological polar surface area (TPSA) is 119 Å². The summed E-state index contributed by atoms with van der Waals surface area (Å²) in [5.74, 6) is 0. The maximum Gasteiger partial charge on any atom is 0.270 e. The van der Waals surface area contributed by atoms with Crippen LogP contribution in [0.1, 0.15) is 18.0 Å². The van der Waals surface area contributed by atoms with Crippen LogP contribution in [0.2, 0.25) is 0 Å². The second-order valence-corrected chi connectivity index (χ2v) is 6.74. The van der Waals surface area contributed by atoms with Crippen molar-refractivity contribution in [2.45, 2.75) is 17.4 Å². The van der Waals surface area contributed by atoms with Crippen molar-refractivity contribution in [2.24, 2.45) is 5.73 Å². The van der Waals surface area contributed by atoms with Crippen molar-refractivity contribution in [1.82, 2.24) is 9.62 Å². The van der Waals surface area contributed by atoms with E-state index in [1.807, 2.05) is 19.0 Å². The summed E-state index contributed by atoms with van der Waals surface area (Å²) in [7, 11) is 1.20. The van der Waals surface area contributed by atoms with Gasteiger partial charge in [-0.1, -0.05) is 0 Å². The summed E-state index contributed by atoms with van der Waals surface area (Å²) in [6.07, 6.45) is 0.539. The molecule has 0 saturated carbocycles. The first kappa shape index (κ1) is 17.5. The van der Waals surface area contributed by atoms with Crippen LogP contribution in [-0.4, -0.2) is 45.9 Å². The Morgan fingerprint density at radius 2 is 2.05 bits per heavy atom. The fourth-order valence-corrected chi connectivity index (χ4v) is 2.86. The number of nitrogens with two attached hydrogens (primary N) is 1. The fraction of sp³-hybridized carbons (Fsp3) is 0.500. The van der Waals surface area contributed by atoms with Gasteiger partial charge in [-0.2, -0.15) is 0 Å². The van der Waals surface area contributed by atoms with Gasteiger partial charge < -0.3 is 10.6 Å². The van der Waals surface area contributed by atoms with Gasteiger partial charge >= 0.3 is 0 Å². The van der Waals surface area contributed by atoms with Gasteiger partial charge in [0.05, 0.1) is 9.82 Å². The van der Waals surface area contributed by atoms with E-state index in [9.17, 15) is 18.5 Å². The van der Waals surface area contributed by atoms with Crippen LogP contribution in [0.5, 0.6) is 0 Å². The number of non-ortho nitro benzene ring substituents is 1. The van der Waals surface area contributed by atoms with E-state index in [1.165, 1.54) is 19.2 Å². The molecule has 0 heterocycles. The SMILES string of the molecule is CNS(=O)(=O)c1cc([N+](=O)[O-])ccc1C(N)CCN(C)C. The first-order valence-electron chi connectivity index (χ1n) is 6.31. The van der Waals surface area contributed by atoms with E-state index in [-0.39, 0.29) is 10.6 Å². The summed E-state index contributed by atoms with van der Waals surface area (Å²) < 4.78 is 26.2.